The second kappa shape index (κ2) is 6.44. The molecule has 0 aliphatic rings. The van der Waals surface area contributed by atoms with Gasteiger partial charge >= 0.3 is 5.97 Å². The lowest BCUT2D eigenvalue weighted by Crippen LogP contribution is -2.02. The Hall–Kier alpha value is -2.31. The molecule has 2 heterocycles. The largest absolute Gasteiger partial charge is 0.476 e. The molecule has 3 rings (SSSR count). The number of para-hydroxylation sites is 1. The Balaban J connectivity index is 2.08. The van der Waals surface area contributed by atoms with Crippen molar-refractivity contribution in [2.75, 3.05) is 0 Å². The molecule has 0 aliphatic heterocycles. The van der Waals surface area contributed by atoms with Gasteiger partial charge in [-0.2, -0.15) is 5.10 Å². The standard InChI is InChI=1S/C16H12ClN3O2S/c1-10-5-4-8-14(18-10)23-15-9-12(16(21)22)19-20(15)13-7-3-2-6-11(13)17/h2-9H,1H3,(H,21,22). The highest BCUT2D eigenvalue weighted by atomic mass is 35.5. The monoisotopic (exact) mass is 345 g/mol. The molecule has 3 aromatic rings. The Kier molecular flexibility index (Phi) is 4.36. The second-order valence-electron chi connectivity index (χ2n) is 4.76. The molecular formula is C16H12ClN3O2S. The summed E-state index contributed by atoms with van der Waals surface area (Å²) in [5.41, 5.74) is 1.47. The Morgan fingerprint density at radius 3 is 2.70 bits per heavy atom. The summed E-state index contributed by atoms with van der Waals surface area (Å²) in [7, 11) is 0. The van der Waals surface area contributed by atoms with Gasteiger partial charge in [0.1, 0.15) is 10.1 Å². The van der Waals surface area contributed by atoms with Gasteiger partial charge in [-0.1, -0.05) is 29.8 Å². The minimum Gasteiger partial charge on any atom is -0.476 e. The molecule has 0 atom stereocenters. The number of pyridine rings is 1. The quantitative estimate of drug-likeness (QED) is 0.771. The van der Waals surface area contributed by atoms with Crippen molar-refractivity contribution in [2.45, 2.75) is 17.0 Å². The zero-order valence-corrected chi connectivity index (χ0v) is 13.7. The topological polar surface area (TPSA) is 68.0 Å². The molecule has 116 valence electrons. The number of carbonyl (C=O) groups is 1. The van der Waals surface area contributed by atoms with Crippen LogP contribution in [0.4, 0.5) is 0 Å². The SMILES string of the molecule is Cc1cccc(Sc2cc(C(=O)O)nn2-c2ccccc2Cl)n1. The minimum absolute atomic E-state index is 0.0416. The third-order valence-corrected chi connectivity index (χ3v) is 4.30. The molecule has 7 heteroatoms. The Bertz CT molecular complexity index is 879. The summed E-state index contributed by atoms with van der Waals surface area (Å²) < 4.78 is 1.53. The summed E-state index contributed by atoms with van der Waals surface area (Å²) in [6.07, 6.45) is 0. The van der Waals surface area contributed by atoms with Crippen LogP contribution in [0.5, 0.6) is 0 Å². The van der Waals surface area contributed by atoms with E-state index in [1.165, 1.54) is 22.5 Å². The van der Waals surface area contributed by atoms with Crippen molar-refractivity contribution in [1.29, 1.82) is 0 Å². The van der Waals surface area contributed by atoms with Crippen LogP contribution < -0.4 is 0 Å². The molecule has 0 saturated heterocycles. The smallest absolute Gasteiger partial charge is 0.356 e. The minimum atomic E-state index is -1.09. The summed E-state index contributed by atoms with van der Waals surface area (Å²) in [4.78, 5) is 15.7. The highest BCUT2D eigenvalue weighted by molar-refractivity contribution is 7.99. The van der Waals surface area contributed by atoms with E-state index in [2.05, 4.69) is 10.1 Å². The van der Waals surface area contributed by atoms with Crippen LogP contribution in [0.3, 0.4) is 0 Å². The number of carboxylic acid groups (broad SMARTS) is 1. The van der Waals surface area contributed by atoms with Crippen LogP contribution in [0.25, 0.3) is 5.69 Å². The number of halogens is 1. The van der Waals surface area contributed by atoms with Gasteiger partial charge in [-0.3, -0.25) is 0 Å². The summed E-state index contributed by atoms with van der Waals surface area (Å²) in [6.45, 7) is 1.90. The number of rotatable bonds is 4. The first-order valence-corrected chi connectivity index (χ1v) is 7.94. The Morgan fingerprint density at radius 1 is 1.22 bits per heavy atom. The fraction of sp³-hybridized carbons (Fsp3) is 0.0625. The van der Waals surface area contributed by atoms with Gasteiger partial charge in [0.25, 0.3) is 0 Å². The first-order valence-electron chi connectivity index (χ1n) is 6.74. The summed E-state index contributed by atoms with van der Waals surface area (Å²) >= 11 is 7.55. The molecule has 0 unspecified atom stereocenters. The maximum Gasteiger partial charge on any atom is 0.356 e. The van der Waals surface area contributed by atoms with Crippen molar-refractivity contribution < 1.29 is 9.90 Å². The van der Waals surface area contributed by atoms with Crippen LogP contribution in [0.2, 0.25) is 5.02 Å². The van der Waals surface area contributed by atoms with Crippen LogP contribution in [-0.2, 0) is 0 Å². The number of carboxylic acids is 1. The normalized spacial score (nSPS) is 10.7. The van der Waals surface area contributed by atoms with Gasteiger partial charge in [-0.05, 0) is 43.0 Å². The molecule has 2 aromatic heterocycles. The van der Waals surface area contributed by atoms with E-state index >= 15 is 0 Å². The Morgan fingerprint density at radius 2 is 2.00 bits per heavy atom. The van der Waals surface area contributed by atoms with E-state index in [0.717, 1.165) is 10.7 Å². The van der Waals surface area contributed by atoms with Crippen molar-refractivity contribution in [3.8, 4) is 5.69 Å². The number of nitrogens with zero attached hydrogens (tertiary/aromatic N) is 3. The highest BCUT2D eigenvalue weighted by Crippen LogP contribution is 2.31. The molecule has 0 fully saturated rings. The van der Waals surface area contributed by atoms with Gasteiger partial charge in [-0.15, -0.1) is 0 Å². The first-order chi connectivity index (χ1) is 11.0. The van der Waals surface area contributed by atoms with E-state index in [1.54, 1.807) is 12.1 Å². The molecule has 0 saturated carbocycles. The van der Waals surface area contributed by atoms with E-state index in [9.17, 15) is 9.90 Å². The third kappa shape index (κ3) is 3.38. The van der Waals surface area contributed by atoms with Crippen LogP contribution in [0.1, 0.15) is 16.2 Å². The average Bonchev–Trinajstić information content (AvgIpc) is 2.92. The van der Waals surface area contributed by atoms with Gasteiger partial charge in [0.05, 0.1) is 10.7 Å². The van der Waals surface area contributed by atoms with Gasteiger partial charge in [-0.25, -0.2) is 14.5 Å². The lowest BCUT2D eigenvalue weighted by molar-refractivity contribution is 0.0690. The lowest BCUT2D eigenvalue weighted by Gasteiger charge is -2.08. The fourth-order valence-corrected chi connectivity index (χ4v) is 3.18. The van der Waals surface area contributed by atoms with E-state index in [0.29, 0.717) is 15.7 Å². The Labute approximate surface area is 141 Å². The van der Waals surface area contributed by atoms with Gasteiger partial charge < -0.3 is 5.11 Å². The predicted octanol–water partition coefficient (Wildman–Crippen LogP) is 4.08. The van der Waals surface area contributed by atoms with Crippen molar-refractivity contribution in [3.63, 3.8) is 0 Å². The van der Waals surface area contributed by atoms with Crippen LogP contribution in [0.15, 0.2) is 58.6 Å². The number of aromatic carboxylic acids is 1. The van der Waals surface area contributed by atoms with Crippen LogP contribution >= 0.6 is 23.4 Å². The zero-order valence-electron chi connectivity index (χ0n) is 12.1. The molecule has 0 amide bonds. The second-order valence-corrected chi connectivity index (χ2v) is 6.20. The van der Waals surface area contributed by atoms with E-state index in [1.807, 2.05) is 37.3 Å². The van der Waals surface area contributed by atoms with Gasteiger partial charge in [0.15, 0.2) is 5.69 Å². The van der Waals surface area contributed by atoms with Crippen molar-refractivity contribution in [2.24, 2.45) is 0 Å². The average molecular weight is 346 g/mol. The summed E-state index contributed by atoms with van der Waals surface area (Å²) in [5, 5.41) is 15.2. The number of benzene rings is 1. The zero-order chi connectivity index (χ0) is 16.4. The van der Waals surface area contributed by atoms with Crippen LogP contribution in [-0.4, -0.2) is 25.8 Å². The van der Waals surface area contributed by atoms with Crippen molar-refractivity contribution in [1.82, 2.24) is 14.8 Å². The van der Waals surface area contributed by atoms with Crippen LogP contribution in [0, 0.1) is 6.92 Å². The molecular weight excluding hydrogens is 334 g/mol. The summed E-state index contributed by atoms with van der Waals surface area (Å²) in [6, 6.07) is 14.3. The molecule has 0 spiro atoms. The predicted molar refractivity (Wildman–Crippen MR) is 88.6 cm³/mol. The molecule has 5 nitrogen and oxygen atoms in total. The van der Waals surface area contributed by atoms with E-state index in [4.69, 9.17) is 11.6 Å². The maximum absolute atomic E-state index is 11.3. The molecule has 0 radical (unpaired) electrons. The maximum atomic E-state index is 11.3. The van der Waals surface area contributed by atoms with Crippen molar-refractivity contribution >= 4 is 29.3 Å². The number of aryl methyl sites for hydroxylation is 1. The van der Waals surface area contributed by atoms with E-state index < -0.39 is 5.97 Å². The van der Waals surface area contributed by atoms with Gasteiger partial charge in [0, 0.05) is 11.8 Å². The third-order valence-electron chi connectivity index (χ3n) is 3.05. The van der Waals surface area contributed by atoms with E-state index in [-0.39, 0.29) is 5.69 Å². The molecule has 23 heavy (non-hydrogen) atoms. The summed E-state index contributed by atoms with van der Waals surface area (Å²) in [5.74, 6) is -1.09. The lowest BCUT2D eigenvalue weighted by atomic mass is 10.3. The first kappa shape index (κ1) is 15.6. The van der Waals surface area contributed by atoms with Gasteiger partial charge in [0.2, 0.25) is 0 Å². The number of hydrogen-bond donors (Lipinski definition) is 1. The number of hydrogen-bond acceptors (Lipinski definition) is 4. The molecule has 0 bridgehead atoms. The fourth-order valence-electron chi connectivity index (χ4n) is 2.02. The molecule has 1 aromatic carbocycles. The van der Waals surface area contributed by atoms with Crippen molar-refractivity contribution in [3.05, 3.63) is 64.9 Å². The molecule has 1 N–H and O–H groups in total. The molecule has 0 aliphatic carbocycles. The highest BCUT2D eigenvalue weighted by Gasteiger charge is 2.17. The number of aromatic nitrogens is 3.